The molecule has 0 saturated carbocycles. The molecule has 14 heavy (non-hydrogen) atoms. The van der Waals surface area contributed by atoms with Crippen LogP contribution in [0.3, 0.4) is 0 Å². The molecule has 70 valence electrons. The summed E-state index contributed by atoms with van der Waals surface area (Å²) >= 11 is 0. The first kappa shape index (κ1) is 9.99. The van der Waals surface area contributed by atoms with E-state index in [1.165, 1.54) is 0 Å². The normalized spacial score (nSPS) is 17.4. The molecule has 1 aliphatic rings. The summed E-state index contributed by atoms with van der Waals surface area (Å²) in [5, 5.41) is 15.4. The molecule has 0 aromatic rings. The number of ketones is 1. The molecule has 1 aliphatic heterocycles. The van der Waals surface area contributed by atoms with E-state index >= 15 is 0 Å². The Balaban J connectivity index is 3.19. The maximum atomic E-state index is 11.0. The van der Waals surface area contributed by atoms with Gasteiger partial charge in [-0.15, -0.1) is 0 Å². The highest BCUT2D eigenvalue weighted by Crippen LogP contribution is 2.14. The van der Waals surface area contributed by atoms with Crippen LogP contribution in [0.25, 0.3) is 0 Å². The predicted molar refractivity (Wildman–Crippen MR) is 46.8 cm³/mol. The van der Waals surface area contributed by atoms with Crippen molar-refractivity contribution in [3.63, 3.8) is 0 Å². The van der Waals surface area contributed by atoms with Gasteiger partial charge in [-0.2, -0.15) is 5.26 Å². The number of nitrogens with two attached hydrogens (primary N) is 1. The molecule has 0 saturated heterocycles. The second kappa shape index (κ2) is 3.75. The number of carbonyl (C=O) groups excluding carboxylic acids is 2. The van der Waals surface area contributed by atoms with Gasteiger partial charge < -0.3 is 5.73 Å². The van der Waals surface area contributed by atoms with Gasteiger partial charge in [-0.25, -0.2) is 4.99 Å². The van der Waals surface area contributed by atoms with Crippen molar-refractivity contribution < 1.29 is 9.59 Å². The maximum absolute atomic E-state index is 11.0. The Labute approximate surface area is 79.2 Å². The Hall–Kier alpha value is -2.09. The predicted octanol–water partition coefficient (Wildman–Crippen LogP) is -1.19. The lowest BCUT2D eigenvalue weighted by Gasteiger charge is -2.02. The Bertz CT molecular complexity index is 423. The van der Waals surface area contributed by atoms with Gasteiger partial charge in [-0.3, -0.25) is 15.0 Å². The molecule has 0 aromatic carbocycles. The summed E-state index contributed by atoms with van der Waals surface area (Å²) in [6, 6.07) is 1.79. The Kier molecular flexibility index (Phi) is 2.67. The summed E-state index contributed by atoms with van der Waals surface area (Å²) in [5.74, 6) is -0.901. The standard InChI is InChI=1S/C8H6N4O2/c9-1-4(2-10)6-5(3-11)7(13)8(14)12-6/h4,11H,1,9H2. The third kappa shape index (κ3) is 1.38. The molecule has 1 unspecified atom stereocenters. The molecule has 1 rings (SSSR count). The molecule has 1 heterocycles. The molecule has 6 heteroatoms. The Morgan fingerprint density at radius 2 is 2.21 bits per heavy atom. The first-order valence-corrected chi connectivity index (χ1v) is 3.72. The van der Waals surface area contributed by atoms with Gasteiger partial charge in [0.2, 0.25) is 0 Å². The Morgan fingerprint density at radius 3 is 2.64 bits per heavy atom. The summed E-state index contributed by atoms with van der Waals surface area (Å²) in [5.41, 5.74) is 4.94. The minimum Gasteiger partial charge on any atom is -0.329 e. The molecule has 6 nitrogen and oxygen atoms in total. The van der Waals surface area contributed by atoms with Crippen molar-refractivity contribution in [2.45, 2.75) is 0 Å². The van der Waals surface area contributed by atoms with Crippen LogP contribution < -0.4 is 5.73 Å². The molecule has 0 fully saturated rings. The summed E-state index contributed by atoms with van der Waals surface area (Å²) in [6.07, 6.45) is 0. The van der Waals surface area contributed by atoms with Crippen LogP contribution in [0.1, 0.15) is 0 Å². The molecule has 0 spiro atoms. The van der Waals surface area contributed by atoms with Crippen LogP contribution in [0, 0.1) is 22.7 Å². The number of aliphatic imine (C=N–C) groups is 1. The quantitative estimate of drug-likeness (QED) is 0.323. The molecule has 1 atom stereocenters. The largest absolute Gasteiger partial charge is 0.329 e. The van der Waals surface area contributed by atoms with Gasteiger partial charge in [0.1, 0.15) is 11.5 Å². The van der Waals surface area contributed by atoms with Gasteiger partial charge in [0.25, 0.3) is 5.78 Å². The molecule has 0 aliphatic carbocycles. The number of Topliss-reactive ketones (excluding diaryl/α,β-unsaturated/α-hetero) is 1. The van der Waals surface area contributed by atoms with E-state index in [4.69, 9.17) is 16.4 Å². The van der Waals surface area contributed by atoms with Crippen molar-refractivity contribution in [1.82, 2.24) is 0 Å². The number of hydrogen-bond donors (Lipinski definition) is 2. The summed E-state index contributed by atoms with van der Waals surface area (Å²) in [4.78, 5) is 25.3. The van der Waals surface area contributed by atoms with Crippen LogP contribution in [0.15, 0.2) is 10.6 Å². The highest BCUT2D eigenvalue weighted by atomic mass is 16.2. The first-order valence-electron chi connectivity index (χ1n) is 3.72. The van der Waals surface area contributed by atoms with E-state index in [1.54, 1.807) is 11.9 Å². The van der Waals surface area contributed by atoms with Gasteiger partial charge in [-0.05, 0) is 5.87 Å². The zero-order valence-corrected chi connectivity index (χ0v) is 7.07. The maximum Gasteiger partial charge on any atom is 0.319 e. The number of hydrogen-bond acceptors (Lipinski definition) is 5. The molecular weight excluding hydrogens is 184 g/mol. The SMILES string of the molecule is N#CC(CN)C1=NC(=O)C(=O)C1=C=N. The molecule has 0 aromatic heterocycles. The number of carbonyl (C=O) groups is 2. The van der Waals surface area contributed by atoms with E-state index in [0.29, 0.717) is 0 Å². The molecule has 1 amide bonds. The van der Waals surface area contributed by atoms with E-state index in [-0.39, 0.29) is 17.8 Å². The Morgan fingerprint density at radius 1 is 1.57 bits per heavy atom. The van der Waals surface area contributed by atoms with Crippen LogP contribution in [-0.2, 0) is 9.59 Å². The highest BCUT2D eigenvalue weighted by molar-refractivity contribution is 6.58. The third-order valence-corrected chi connectivity index (χ3v) is 1.75. The highest BCUT2D eigenvalue weighted by Gasteiger charge is 2.34. The van der Waals surface area contributed by atoms with E-state index in [2.05, 4.69) is 4.99 Å². The van der Waals surface area contributed by atoms with Crippen molar-refractivity contribution in [2.75, 3.05) is 6.54 Å². The summed E-state index contributed by atoms with van der Waals surface area (Å²) in [7, 11) is 0. The second-order valence-electron chi connectivity index (χ2n) is 2.55. The lowest BCUT2D eigenvalue weighted by Crippen LogP contribution is -2.23. The first-order chi connectivity index (χ1) is 6.65. The lowest BCUT2D eigenvalue weighted by atomic mass is 9.98. The number of nitriles is 1. The number of rotatable bonds is 2. The van der Waals surface area contributed by atoms with Crippen LogP contribution in [-0.4, -0.2) is 29.8 Å². The summed E-state index contributed by atoms with van der Waals surface area (Å²) < 4.78 is 0. The van der Waals surface area contributed by atoms with E-state index in [1.807, 2.05) is 0 Å². The van der Waals surface area contributed by atoms with Crippen molar-refractivity contribution in [2.24, 2.45) is 16.6 Å². The van der Waals surface area contributed by atoms with E-state index < -0.39 is 17.6 Å². The van der Waals surface area contributed by atoms with Crippen molar-refractivity contribution in [1.29, 1.82) is 10.7 Å². The fourth-order valence-electron chi connectivity index (χ4n) is 1.04. The fraction of sp³-hybridized carbons (Fsp3) is 0.250. The molecule has 3 N–H and O–H groups in total. The van der Waals surface area contributed by atoms with Crippen LogP contribution in [0.2, 0.25) is 0 Å². The number of nitrogens with one attached hydrogen (secondary N) is 1. The minimum atomic E-state index is -0.969. The number of nitrogens with zero attached hydrogens (tertiary/aromatic N) is 2. The fourth-order valence-corrected chi connectivity index (χ4v) is 1.04. The van der Waals surface area contributed by atoms with E-state index in [9.17, 15) is 9.59 Å². The average molecular weight is 190 g/mol. The minimum absolute atomic E-state index is 0.0417. The molecule has 0 bridgehead atoms. The van der Waals surface area contributed by atoms with Gasteiger partial charge in [-0.1, -0.05) is 0 Å². The van der Waals surface area contributed by atoms with Crippen molar-refractivity contribution in [3.8, 4) is 6.07 Å². The van der Waals surface area contributed by atoms with Gasteiger partial charge >= 0.3 is 5.91 Å². The molecular formula is C8H6N4O2. The van der Waals surface area contributed by atoms with Crippen LogP contribution in [0.5, 0.6) is 0 Å². The smallest absolute Gasteiger partial charge is 0.319 e. The van der Waals surface area contributed by atoms with Crippen molar-refractivity contribution >= 4 is 23.3 Å². The second-order valence-corrected chi connectivity index (χ2v) is 2.55. The van der Waals surface area contributed by atoms with Crippen LogP contribution in [0.4, 0.5) is 0 Å². The topological polar surface area (TPSA) is 120 Å². The van der Waals surface area contributed by atoms with Gasteiger partial charge in [0.05, 0.1) is 11.8 Å². The zero-order valence-electron chi connectivity index (χ0n) is 7.07. The van der Waals surface area contributed by atoms with Gasteiger partial charge in [0, 0.05) is 6.54 Å². The number of amides is 1. The lowest BCUT2D eigenvalue weighted by molar-refractivity contribution is -0.132. The average Bonchev–Trinajstić information content (AvgIpc) is 2.45. The summed E-state index contributed by atoms with van der Waals surface area (Å²) in [6.45, 7) is -0.0545. The van der Waals surface area contributed by atoms with Crippen LogP contribution >= 0.6 is 0 Å². The third-order valence-electron chi connectivity index (χ3n) is 1.75. The van der Waals surface area contributed by atoms with E-state index in [0.717, 1.165) is 0 Å². The van der Waals surface area contributed by atoms with Crippen molar-refractivity contribution in [3.05, 3.63) is 5.57 Å². The zero-order chi connectivity index (χ0) is 10.7. The molecule has 0 radical (unpaired) electrons. The monoisotopic (exact) mass is 190 g/mol. The van der Waals surface area contributed by atoms with Gasteiger partial charge in [0.15, 0.2) is 0 Å².